The zero-order chi connectivity index (χ0) is 15.2. The molecule has 0 N–H and O–H groups in total. The smallest absolute Gasteiger partial charge is 0.330 e. The predicted octanol–water partition coefficient (Wildman–Crippen LogP) is 4.08. The maximum Gasteiger partial charge on any atom is 0.330 e. The van der Waals surface area contributed by atoms with Gasteiger partial charge in [0, 0.05) is 25.7 Å². The summed E-state index contributed by atoms with van der Waals surface area (Å²) in [7, 11) is 0. The minimum atomic E-state index is -0.231. The van der Waals surface area contributed by atoms with E-state index in [1.807, 2.05) is 25.1 Å². The molecule has 1 aliphatic rings. The van der Waals surface area contributed by atoms with Crippen molar-refractivity contribution in [1.82, 2.24) is 4.90 Å². The Hall–Kier alpha value is -1.03. The third kappa shape index (κ3) is 5.03. The summed E-state index contributed by atoms with van der Waals surface area (Å²) in [6.07, 6.45) is 3.44. The molecule has 1 saturated heterocycles. The summed E-state index contributed by atoms with van der Waals surface area (Å²) >= 11 is 12.0. The normalized spacial score (nSPS) is 15.9. The average Bonchev–Trinajstić information content (AvgIpc) is 2.45. The maximum absolute atomic E-state index is 11.4. The lowest BCUT2D eigenvalue weighted by Crippen LogP contribution is -2.30. The Morgan fingerprint density at radius 2 is 2.00 bits per heavy atom. The first-order valence-electron chi connectivity index (χ1n) is 7.11. The lowest BCUT2D eigenvalue weighted by Gasteiger charge is -2.28. The quantitative estimate of drug-likeness (QED) is 0.616. The predicted molar refractivity (Wildman–Crippen MR) is 85.7 cm³/mol. The number of carbonyl (C=O) groups is 1. The fourth-order valence-corrected chi connectivity index (χ4v) is 2.71. The fourth-order valence-electron chi connectivity index (χ4n) is 2.39. The molecule has 21 heavy (non-hydrogen) atoms. The molecular formula is C16H19Cl2NO2. The van der Waals surface area contributed by atoms with E-state index >= 15 is 0 Å². The number of hydrogen-bond donors (Lipinski definition) is 0. The Labute approximate surface area is 135 Å². The Balaban J connectivity index is 1.86. The van der Waals surface area contributed by atoms with Crippen LogP contribution in [-0.2, 0) is 16.1 Å². The molecule has 0 amide bonds. The molecule has 0 bridgehead atoms. The van der Waals surface area contributed by atoms with Gasteiger partial charge < -0.3 is 4.74 Å². The number of benzene rings is 1. The van der Waals surface area contributed by atoms with Gasteiger partial charge in [0.05, 0.1) is 16.7 Å². The van der Waals surface area contributed by atoms with E-state index in [0.29, 0.717) is 16.7 Å². The first-order valence-corrected chi connectivity index (χ1v) is 7.86. The molecule has 0 saturated carbocycles. The molecule has 0 atom stereocenters. The summed E-state index contributed by atoms with van der Waals surface area (Å²) in [5.74, 6) is -0.231. The molecule has 1 aliphatic heterocycles. The highest BCUT2D eigenvalue weighted by Gasteiger charge is 2.15. The molecule has 5 heteroatoms. The minimum absolute atomic E-state index is 0.231. The van der Waals surface area contributed by atoms with E-state index in [2.05, 4.69) is 4.90 Å². The van der Waals surface area contributed by atoms with Crippen LogP contribution in [-0.4, -0.2) is 30.6 Å². The highest BCUT2D eigenvalue weighted by atomic mass is 35.5. The van der Waals surface area contributed by atoms with Crippen LogP contribution in [0.5, 0.6) is 0 Å². The van der Waals surface area contributed by atoms with Crippen LogP contribution in [0.4, 0.5) is 0 Å². The van der Waals surface area contributed by atoms with Crippen molar-refractivity contribution in [1.29, 1.82) is 0 Å². The summed E-state index contributed by atoms with van der Waals surface area (Å²) in [5, 5.41) is 1.17. The SMILES string of the molecule is CCOC(=O)C=C1CCN(Cc2ccc(Cl)c(Cl)c2)CC1. The first kappa shape index (κ1) is 16.3. The van der Waals surface area contributed by atoms with Crippen molar-refractivity contribution < 1.29 is 9.53 Å². The number of piperidine rings is 1. The second kappa shape index (κ2) is 7.83. The molecule has 1 heterocycles. The van der Waals surface area contributed by atoms with Gasteiger partial charge in [-0.1, -0.05) is 34.8 Å². The van der Waals surface area contributed by atoms with E-state index in [1.165, 1.54) is 5.57 Å². The molecule has 0 aromatic heterocycles. The van der Waals surface area contributed by atoms with Gasteiger partial charge in [-0.15, -0.1) is 0 Å². The van der Waals surface area contributed by atoms with Gasteiger partial charge in [0.1, 0.15) is 0 Å². The van der Waals surface area contributed by atoms with Gasteiger partial charge in [0.2, 0.25) is 0 Å². The molecule has 0 radical (unpaired) electrons. The Morgan fingerprint density at radius 1 is 1.29 bits per heavy atom. The summed E-state index contributed by atoms with van der Waals surface area (Å²) in [5.41, 5.74) is 2.32. The molecule has 2 rings (SSSR count). The molecular weight excluding hydrogens is 309 g/mol. The van der Waals surface area contributed by atoms with Crippen LogP contribution >= 0.6 is 23.2 Å². The van der Waals surface area contributed by atoms with E-state index in [4.69, 9.17) is 27.9 Å². The van der Waals surface area contributed by atoms with E-state index in [9.17, 15) is 4.79 Å². The molecule has 1 aromatic carbocycles. The zero-order valence-electron chi connectivity index (χ0n) is 12.1. The van der Waals surface area contributed by atoms with Crippen LogP contribution in [0, 0.1) is 0 Å². The highest BCUT2D eigenvalue weighted by Crippen LogP contribution is 2.24. The second-order valence-electron chi connectivity index (χ2n) is 5.08. The number of ether oxygens (including phenoxy) is 1. The zero-order valence-corrected chi connectivity index (χ0v) is 13.6. The van der Waals surface area contributed by atoms with Crippen molar-refractivity contribution >= 4 is 29.2 Å². The maximum atomic E-state index is 11.4. The first-order chi connectivity index (χ1) is 10.1. The fraction of sp³-hybridized carbons (Fsp3) is 0.438. The third-order valence-corrected chi connectivity index (χ3v) is 4.24. The monoisotopic (exact) mass is 327 g/mol. The van der Waals surface area contributed by atoms with Gasteiger partial charge in [0.25, 0.3) is 0 Å². The van der Waals surface area contributed by atoms with E-state index < -0.39 is 0 Å². The van der Waals surface area contributed by atoms with E-state index in [1.54, 1.807) is 6.08 Å². The van der Waals surface area contributed by atoms with Crippen LogP contribution in [0.1, 0.15) is 25.3 Å². The Morgan fingerprint density at radius 3 is 2.62 bits per heavy atom. The van der Waals surface area contributed by atoms with Crippen molar-refractivity contribution in [3.05, 3.63) is 45.5 Å². The molecule has 1 aromatic rings. The third-order valence-electron chi connectivity index (χ3n) is 3.50. The molecule has 0 unspecified atom stereocenters. The summed E-state index contributed by atoms with van der Waals surface area (Å²) < 4.78 is 4.94. The van der Waals surface area contributed by atoms with E-state index in [0.717, 1.165) is 38.0 Å². The Bertz CT molecular complexity index is 533. The summed E-state index contributed by atoms with van der Waals surface area (Å²) in [6, 6.07) is 5.74. The van der Waals surface area contributed by atoms with Crippen molar-refractivity contribution in [2.45, 2.75) is 26.3 Å². The molecule has 3 nitrogen and oxygen atoms in total. The largest absolute Gasteiger partial charge is 0.463 e. The average molecular weight is 328 g/mol. The second-order valence-corrected chi connectivity index (χ2v) is 5.89. The molecule has 114 valence electrons. The molecule has 1 fully saturated rings. The van der Waals surface area contributed by atoms with Gasteiger partial charge in [-0.05, 0) is 37.5 Å². The van der Waals surface area contributed by atoms with Crippen molar-refractivity contribution in [2.24, 2.45) is 0 Å². The molecule has 0 spiro atoms. The van der Waals surface area contributed by atoms with Gasteiger partial charge in [-0.25, -0.2) is 4.79 Å². The topological polar surface area (TPSA) is 29.5 Å². The number of halogens is 2. The van der Waals surface area contributed by atoms with Crippen LogP contribution in [0.2, 0.25) is 10.0 Å². The van der Waals surface area contributed by atoms with Gasteiger partial charge in [-0.2, -0.15) is 0 Å². The minimum Gasteiger partial charge on any atom is -0.463 e. The summed E-state index contributed by atoms with van der Waals surface area (Å²) in [6.45, 7) is 4.96. The van der Waals surface area contributed by atoms with Crippen molar-refractivity contribution in [3.8, 4) is 0 Å². The number of nitrogens with zero attached hydrogens (tertiary/aromatic N) is 1. The van der Waals surface area contributed by atoms with Crippen LogP contribution in [0.3, 0.4) is 0 Å². The lowest BCUT2D eigenvalue weighted by atomic mass is 10.0. The standard InChI is InChI=1S/C16H19Cl2NO2/c1-2-21-16(20)10-12-5-7-19(8-6-12)11-13-3-4-14(17)15(18)9-13/h3-4,9-10H,2,5-8,11H2,1H3. The number of likely N-dealkylation sites (tertiary alicyclic amines) is 1. The van der Waals surface area contributed by atoms with Crippen LogP contribution < -0.4 is 0 Å². The highest BCUT2D eigenvalue weighted by molar-refractivity contribution is 6.42. The number of carbonyl (C=O) groups excluding carboxylic acids is 1. The van der Waals surface area contributed by atoms with Crippen molar-refractivity contribution in [3.63, 3.8) is 0 Å². The summed E-state index contributed by atoms with van der Waals surface area (Å²) in [4.78, 5) is 13.8. The van der Waals surface area contributed by atoms with E-state index in [-0.39, 0.29) is 5.97 Å². The molecule has 0 aliphatic carbocycles. The van der Waals surface area contributed by atoms with Gasteiger partial charge >= 0.3 is 5.97 Å². The van der Waals surface area contributed by atoms with Crippen LogP contribution in [0.15, 0.2) is 29.8 Å². The Kier molecular flexibility index (Phi) is 6.09. The number of esters is 1. The number of hydrogen-bond acceptors (Lipinski definition) is 3. The van der Waals surface area contributed by atoms with Gasteiger partial charge in [-0.3, -0.25) is 4.90 Å². The number of rotatable bonds is 4. The van der Waals surface area contributed by atoms with Crippen LogP contribution in [0.25, 0.3) is 0 Å². The van der Waals surface area contributed by atoms with Crippen molar-refractivity contribution in [2.75, 3.05) is 19.7 Å². The van der Waals surface area contributed by atoms with Gasteiger partial charge in [0.15, 0.2) is 0 Å². The lowest BCUT2D eigenvalue weighted by molar-refractivity contribution is -0.137.